The van der Waals surface area contributed by atoms with Gasteiger partial charge in [0.2, 0.25) is 0 Å². The molecule has 2 nitrogen and oxygen atoms in total. The van der Waals surface area contributed by atoms with Crippen LogP contribution in [0.1, 0.15) is 58.3 Å². The van der Waals surface area contributed by atoms with Gasteiger partial charge in [-0.25, -0.2) is 0 Å². The molecule has 1 saturated carbocycles. The van der Waals surface area contributed by atoms with Gasteiger partial charge in [-0.1, -0.05) is 26.2 Å². The Balaban J connectivity index is 1.95. The first-order valence-corrected chi connectivity index (χ1v) is 7.77. The fourth-order valence-corrected chi connectivity index (χ4v) is 4.07. The van der Waals surface area contributed by atoms with Crippen molar-refractivity contribution in [2.75, 3.05) is 20.1 Å². The Morgan fingerprint density at radius 1 is 1.18 bits per heavy atom. The number of rotatable bonds is 6. The lowest BCUT2D eigenvalue weighted by Gasteiger charge is -2.36. The van der Waals surface area contributed by atoms with Gasteiger partial charge in [-0.05, 0) is 51.6 Å². The Morgan fingerprint density at radius 2 is 1.94 bits per heavy atom. The van der Waals surface area contributed by atoms with Crippen molar-refractivity contribution in [3.8, 4) is 0 Å². The average Bonchev–Trinajstić information content (AvgIpc) is 2.99. The molecule has 2 atom stereocenters. The second kappa shape index (κ2) is 6.75. The number of hydrogen-bond acceptors (Lipinski definition) is 2. The number of hydrogen-bond donors (Lipinski definition) is 1. The summed E-state index contributed by atoms with van der Waals surface area (Å²) >= 11 is 0. The zero-order chi connectivity index (χ0) is 12.1. The van der Waals surface area contributed by atoms with Gasteiger partial charge in [-0.2, -0.15) is 0 Å². The Bertz CT molecular complexity index is 205. The lowest BCUT2D eigenvalue weighted by atomic mass is 9.94. The summed E-state index contributed by atoms with van der Waals surface area (Å²) in [7, 11) is 2.10. The van der Waals surface area contributed by atoms with Gasteiger partial charge in [-0.15, -0.1) is 0 Å². The highest BCUT2D eigenvalue weighted by atomic mass is 15.2. The van der Waals surface area contributed by atoms with Crippen LogP contribution in [0.15, 0.2) is 0 Å². The molecular formula is C15H30N2. The third-order valence-corrected chi connectivity index (χ3v) is 4.82. The van der Waals surface area contributed by atoms with E-state index in [1.54, 1.807) is 0 Å². The minimum Gasteiger partial charge on any atom is -0.318 e. The van der Waals surface area contributed by atoms with Crippen LogP contribution < -0.4 is 5.32 Å². The molecule has 1 saturated heterocycles. The van der Waals surface area contributed by atoms with Gasteiger partial charge in [-0.3, -0.25) is 4.90 Å². The highest BCUT2D eigenvalue weighted by molar-refractivity contribution is 4.91. The normalized spacial score (nSPS) is 28.9. The first kappa shape index (κ1) is 13.4. The highest BCUT2D eigenvalue weighted by Crippen LogP contribution is 2.36. The molecule has 0 amide bonds. The third-order valence-electron chi connectivity index (χ3n) is 4.82. The van der Waals surface area contributed by atoms with Gasteiger partial charge in [0, 0.05) is 18.6 Å². The SMILES string of the molecule is CCCC(CNC)N1CCCC1C1CCCC1. The van der Waals surface area contributed by atoms with E-state index in [1.807, 2.05) is 0 Å². The second-order valence-corrected chi connectivity index (χ2v) is 5.99. The molecule has 0 aromatic heterocycles. The van der Waals surface area contributed by atoms with Crippen LogP contribution in [-0.2, 0) is 0 Å². The fraction of sp³-hybridized carbons (Fsp3) is 1.00. The van der Waals surface area contributed by atoms with E-state index >= 15 is 0 Å². The van der Waals surface area contributed by atoms with E-state index in [-0.39, 0.29) is 0 Å². The van der Waals surface area contributed by atoms with E-state index in [4.69, 9.17) is 0 Å². The maximum Gasteiger partial charge on any atom is 0.0223 e. The van der Waals surface area contributed by atoms with Crippen molar-refractivity contribution < 1.29 is 0 Å². The molecule has 1 heterocycles. The highest BCUT2D eigenvalue weighted by Gasteiger charge is 2.36. The molecule has 0 aromatic carbocycles. The first-order valence-electron chi connectivity index (χ1n) is 7.77. The summed E-state index contributed by atoms with van der Waals surface area (Å²) in [6, 6.07) is 1.71. The Hall–Kier alpha value is -0.0800. The molecule has 0 radical (unpaired) electrons. The van der Waals surface area contributed by atoms with Gasteiger partial charge in [0.25, 0.3) is 0 Å². The maximum atomic E-state index is 3.40. The smallest absolute Gasteiger partial charge is 0.0223 e. The number of likely N-dealkylation sites (N-methyl/N-ethyl adjacent to an activating group) is 1. The van der Waals surface area contributed by atoms with E-state index in [2.05, 4.69) is 24.2 Å². The quantitative estimate of drug-likeness (QED) is 0.765. The Kier molecular flexibility index (Phi) is 5.30. The predicted octanol–water partition coefficient (Wildman–Crippen LogP) is 3.03. The van der Waals surface area contributed by atoms with E-state index < -0.39 is 0 Å². The van der Waals surface area contributed by atoms with Crippen molar-refractivity contribution in [2.45, 2.75) is 70.4 Å². The molecule has 2 aliphatic rings. The monoisotopic (exact) mass is 238 g/mol. The van der Waals surface area contributed by atoms with Crippen LogP contribution in [0.2, 0.25) is 0 Å². The molecule has 0 bridgehead atoms. The van der Waals surface area contributed by atoms with Crippen molar-refractivity contribution in [1.82, 2.24) is 10.2 Å². The standard InChI is InChI=1S/C15H30N2/c1-3-7-14(12-16-2)17-11-6-10-15(17)13-8-4-5-9-13/h13-16H,3-12H2,1-2H3. The molecule has 100 valence electrons. The van der Waals surface area contributed by atoms with E-state index in [9.17, 15) is 0 Å². The van der Waals surface area contributed by atoms with Crippen molar-refractivity contribution in [3.63, 3.8) is 0 Å². The predicted molar refractivity (Wildman–Crippen MR) is 74.3 cm³/mol. The van der Waals surface area contributed by atoms with Crippen molar-refractivity contribution >= 4 is 0 Å². The minimum atomic E-state index is 0.790. The second-order valence-electron chi connectivity index (χ2n) is 5.99. The topological polar surface area (TPSA) is 15.3 Å². The summed E-state index contributed by atoms with van der Waals surface area (Å²) in [5.74, 6) is 1.02. The summed E-state index contributed by atoms with van der Waals surface area (Å²) in [5.41, 5.74) is 0. The summed E-state index contributed by atoms with van der Waals surface area (Å²) in [6.45, 7) is 4.86. The first-order chi connectivity index (χ1) is 8.36. The molecule has 0 aromatic rings. The molecule has 17 heavy (non-hydrogen) atoms. The molecule has 0 spiro atoms. The molecular weight excluding hydrogens is 208 g/mol. The van der Waals surface area contributed by atoms with Crippen LogP contribution in [0.25, 0.3) is 0 Å². The number of nitrogens with zero attached hydrogens (tertiary/aromatic N) is 1. The summed E-state index contributed by atoms with van der Waals surface area (Å²) in [4.78, 5) is 2.86. The molecule has 2 unspecified atom stereocenters. The average molecular weight is 238 g/mol. The molecule has 2 heteroatoms. The summed E-state index contributed by atoms with van der Waals surface area (Å²) < 4.78 is 0. The zero-order valence-electron chi connectivity index (χ0n) is 11.8. The molecule has 1 N–H and O–H groups in total. The molecule has 1 aliphatic heterocycles. The van der Waals surface area contributed by atoms with E-state index in [1.165, 1.54) is 64.5 Å². The van der Waals surface area contributed by atoms with Gasteiger partial charge in [0.05, 0.1) is 0 Å². The molecule has 2 fully saturated rings. The minimum absolute atomic E-state index is 0.790. The summed E-state index contributed by atoms with van der Waals surface area (Å²) in [5, 5.41) is 3.40. The lowest BCUT2D eigenvalue weighted by Crippen LogP contribution is -2.46. The van der Waals surface area contributed by atoms with Crippen LogP contribution in [-0.4, -0.2) is 37.1 Å². The zero-order valence-corrected chi connectivity index (χ0v) is 11.8. The van der Waals surface area contributed by atoms with Crippen LogP contribution in [0, 0.1) is 5.92 Å². The van der Waals surface area contributed by atoms with Crippen LogP contribution in [0.5, 0.6) is 0 Å². The number of likely N-dealkylation sites (tertiary alicyclic amines) is 1. The van der Waals surface area contributed by atoms with Crippen molar-refractivity contribution in [2.24, 2.45) is 5.92 Å². The van der Waals surface area contributed by atoms with Crippen molar-refractivity contribution in [1.29, 1.82) is 0 Å². The Morgan fingerprint density at radius 3 is 2.59 bits per heavy atom. The fourth-order valence-electron chi connectivity index (χ4n) is 4.07. The maximum absolute atomic E-state index is 3.40. The molecule has 2 rings (SSSR count). The largest absolute Gasteiger partial charge is 0.318 e. The van der Waals surface area contributed by atoms with Gasteiger partial charge < -0.3 is 5.32 Å². The van der Waals surface area contributed by atoms with Crippen molar-refractivity contribution in [3.05, 3.63) is 0 Å². The number of nitrogens with one attached hydrogen (secondary N) is 1. The molecule has 1 aliphatic carbocycles. The van der Waals surface area contributed by atoms with E-state index in [0.717, 1.165) is 18.0 Å². The van der Waals surface area contributed by atoms with Crippen LogP contribution in [0.4, 0.5) is 0 Å². The van der Waals surface area contributed by atoms with E-state index in [0.29, 0.717) is 0 Å². The lowest BCUT2D eigenvalue weighted by molar-refractivity contribution is 0.127. The van der Waals surface area contributed by atoms with Crippen LogP contribution >= 0.6 is 0 Å². The van der Waals surface area contributed by atoms with Gasteiger partial charge >= 0.3 is 0 Å². The van der Waals surface area contributed by atoms with Gasteiger partial charge in [0.1, 0.15) is 0 Å². The third kappa shape index (κ3) is 3.23. The Labute approximate surface area is 107 Å². The van der Waals surface area contributed by atoms with Gasteiger partial charge in [0.15, 0.2) is 0 Å². The van der Waals surface area contributed by atoms with Crippen LogP contribution in [0.3, 0.4) is 0 Å². The summed E-state index contributed by atoms with van der Waals surface area (Å²) in [6.07, 6.45) is 11.6.